The van der Waals surface area contributed by atoms with Crippen molar-refractivity contribution < 1.29 is 14.3 Å². The zero-order valence-electron chi connectivity index (χ0n) is 14.2. The summed E-state index contributed by atoms with van der Waals surface area (Å²) in [5, 5.41) is 0. The van der Waals surface area contributed by atoms with Gasteiger partial charge >= 0.3 is 0 Å². The van der Waals surface area contributed by atoms with Gasteiger partial charge in [0.05, 0.1) is 6.04 Å². The van der Waals surface area contributed by atoms with E-state index in [0.717, 1.165) is 48.1 Å². The van der Waals surface area contributed by atoms with Crippen LogP contribution < -0.4 is 9.47 Å². The van der Waals surface area contributed by atoms with Gasteiger partial charge in [0.25, 0.3) is 0 Å². The molecule has 2 aliphatic rings. The summed E-state index contributed by atoms with van der Waals surface area (Å²) in [6.07, 6.45) is 4.59. The zero-order valence-corrected chi connectivity index (χ0v) is 15.1. The van der Waals surface area contributed by atoms with Gasteiger partial charge in [-0.2, -0.15) is 11.8 Å². The molecule has 0 unspecified atom stereocenters. The molecule has 24 heavy (non-hydrogen) atoms. The maximum Gasteiger partial charge on any atom is 0.246 e. The number of thioether (sulfide) groups is 1. The van der Waals surface area contributed by atoms with Crippen molar-refractivity contribution in [1.29, 1.82) is 0 Å². The van der Waals surface area contributed by atoms with Crippen LogP contribution in [0.5, 0.6) is 11.5 Å². The van der Waals surface area contributed by atoms with Crippen molar-refractivity contribution in [2.45, 2.75) is 12.5 Å². The Morgan fingerprint density at radius 3 is 3.04 bits per heavy atom. The lowest BCUT2D eigenvalue weighted by Crippen LogP contribution is -2.46. The highest BCUT2D eigenvalue weighted by Gasteiger charge is 2.24. The smallest absolute Gasteiger partial charge is 0.246 e. The Hall–Kier alpha value is -1.66. The van der Waals surface area contributed by atoms with Crippen molar-refractivity contribution in [2.24, 2.45) is 0 Å². The molecule has 0 radical (unpaired) electrons. The molecule has 0 aliphatic carbocycles. The van der Waals surface area contributed by atoms with Crippen LogP contribution in [0.15, 0.2) is 24.3 Å². The van der Waals surface area contributed by atoms with E-state index in [-0.39, 0.29) is 18.7 Å². The van der Waals surface area contributed by atoms with Gasteiger partial charge in [-0.1, -0.05) is 6.07 Å². The van der Waals surface area contributed by atoms with Gasteiger partial charge in [0.2, 0.25) is 12.7 Å². The van der Waals surface area contributed by atoms with E-state index in [9.17, 15) is 4.79 Å². The molecule has 0 saturated carbocycles. The van der Waals surface area contributed by atoms with Gasteiger partial charge in [0.1, 0.15) is 0 Å². The second kappa shape index (κ2) is 7.94. The SMILES string of the molecule is CN(C)C[C@@H]1CSCCCN1C(=O)/C=C/c1ccc2c(c1)OCO2. The third-order valence-electron chi connectivity index (χ3n) is 4.11. The predicted molar refractivity (Wildman–Crippen MR) is 97.6 cm³/mol. The fourth-order valence-electron chi connectivity index (χ4n) is 2.97. The number of carbonyl (C=O) groups is 1. The van der Waals surface area contributed by atoms with E-state index in [1.807, 2.05) is 40.9 Å². The molecule has 0 aromatic heterocycles. The van der Waals surface area contributed by atoms with Crippen LogP contribution in [-0.2, 0) is 4.79 Å². The van der Waals surface area contributed by atoms with Crippen LogP contribution in [0.2, 0.25) is 0 Å². The number of benzene rings is 1. The van der Waals surface area contributed by atoms with Gasteiger partial charge in [-0.05, 0) is 50.0 Å². The van der Waals surface area contributed by atoms with Crippen LogP contribution >= 0.6 is 11.8 Å². The molecule has 6 heteroatoms. The molecule has 1 saturated heterocycles. The average Bonchev–Trinajstić information content (AvgIpc) is 2.90. The van der Waals surface area contributed by atoms with Crippen LogP contribution in [0.1, 0.15) is 12.0 Å². The molecule has 1 fully saturated rings. The molecule has 1 aromatic rings. The maximum absolute atomic E-state index is 12.7. The quantitative estimate of drug-likeness (QED) is 0.781. The Kier molecular flexibility index (Phi) is 5.68. The molecule has 0 spiro atoms. The number of likely N-dealkylation sites (N-methyl/N-ethyl adjacent to an activating group) is 1. The monoisotopic (exact) mass is 348 g/mol. The van der Waals surface area contributed by atoms with Crippen molar-refractivity contribution in [2.75, 3.05) is 45.5 Å². The van der Waals surface area contributed by atoms with E-state index in [4.69, 9.17) is 9.47 Å². The van der Waals surface area contributed by atoms with E-state index >= 15 is 0 Å². The van der Waals surface area contributed by atoms with E-state index in [0.29, 0.717) is 0 Å². The van der Waals surface area contributed by atoms with Crippen LogP contribution in [-0.4, -0.2) is 67.2 Å². The van der Waals surface area contributed by atoms with Crippen molar-refractivity contribution in [3.8, 4) is 11.5 Å². The Morgan fingerprint density at radius 1 is 1.38 bits per heavy atom. The van der Waals surface area contributed by atoms with E-state index in [1.54, 1.807) is 6.08 Å². The highest BCUT2D eigenvalue weighted by atomic mass is 32.2. The number of carbonyl (C=O) groups excluding carboxylic acids is 1. The van der Waals surface area contributed by atoms with Gasteiger partial charge in [0, 0.05) is 24.9 Å². The normalized spacial score (nSPS) is 20.6. The minimum absolute atomic E-state index is 0.0852. The lowest BCUT2D eigenvalue weighted by molar-refractivity contribution is -0.128. The average molecular weight is 348 g/mol. The summed E-state index contributed by atoms with van der Waals surface area (Å²) in [6, 6.07) is 5.99. The molecule has 0 bridgehead atoms. The largest absolute Gasteiger partial charge is 0.454 e. The van der Waals surface area contributed by atoms with Gasteiger partial charge in [-0.15, -0.1) is 0 Å². The number of nitrogens with zero attached hydrogens (tertiary/aromatic N) is 2. The summed E-state index contributed by atoms with van der Waals surface area (Å²) in [4.78, 5) is 16.9. The molecular formula is C18H24N2O3S. The van der Waals surface area contributed by atoms with Gasteiger partial charge in [-0.3, -0.25) is 4.79 Å². The molecule has 1 aromatic carbocycles. The number of amides is 1. The van der Waals surface area contributed by atoms with E-state index in [1.165, 1.54) is 0 Å². The number of fused-ring (bicyclic) bond motifs is 1. The predicted octanol–water partition coefficient (Wildman–Crippen LogP) is 2.32. The first kappa shape index (κ1) is 17.2. The second-order valence-electron chi connectivity index (χ2n) is 6.32. The van der Waals surface area contributed by atoms with Crippen molar-refractivity contribution >= 4 is 23.7 Å². The zero-order chi connectivity index (χ0) is 16.9. The summed E-state index contributed by atoms with van der Waals surface area (Å²) < 4.78 is 10.7. The van der Waals surface area contributed by atoms with E-state index < -0.39 is 0 Å². The molecule has 1 amide bonds. The topological polar surface area (TPSA) is 42.0 Å². The molecule has 3 rings (SSSR count). The van der Waals surface area contributed by atoms with Crippen molar-refractivity contribution in [3.05, 3.63) is 29.8 Å². The summed E-state index contributed by atoms with van der Waals surface area (Å²) in [5.41, 5.74) is 0.945. The molecular weight excluding hydrogens is 324 g/mol. The Morgan fingerprint density at radius 2 is 2.21 bits per heavy atom. The highest BCUT2D eigenvalue weighted by molar-refractivity contribution is 7.99. The molecule has 130 valence electrons. The lowest BCUT2D eigenvalue weighted by Gasteiger charge is -2.30. The second-order valence-corrected chi connectivity index (χ2v) is 7.47. The number of rotatable bonds is 4. The first-order valence-electron chi connectivity index (χ1n) is 8.24. The van der Waals surface area contributed by atoms with Gasteiger partial charge in [0.15, 0.2) is 11.5 Å². The minimum Gasteiger partial charge on any atom is -0.454 e. The standard InChI is InChI=1S/C18H24N2O3S/c1-19(2)11-15-12-24-9-3-8-20(15)18(21)7-5-14-4-6-16-17(10-14)23-13-22-16/h4-7,10,15H,3,8-9,11-13H2,1-2H3/b7-5+/t15-/m1/s1. The van der Waals surface area contributed by atoms with Crippen molar-refractivity contribution in [1.82, 2.24) is 9.80 Å². The summed E-state index contributed by atoms with van der Waals surface area (Å²) in [7, 11) is 4.11. The fourth-order valence-corrected chi connectivity index (χ4v) is 4.03. The first-order valence-corrected chi connectivity index (χ1v) is 9.40. The van der Waals surface area contributed by atoms with Gasteiger partial charge in [-0.25, -0.2) is 0 Å². The first-order chi connectivity index (χ1) is 11.6. The Balaban J connectivity index is 1.69. The summed E-state index contributed by atoms with van der Waals surface area (Å²) in [6.45, 7) is 1.99. The maximum atomic E-state index is 12.7. The Labute approximate surface area is 147 Å². The Bertz CT molecular complexity index is 618. The van der Waals surface area contributed by atoms with E-state index in [2.05, 4.69) is 19.0 Å². The minimum atomic E-state index is 0.0852. The third-order valence-corrected chi connectivity index (χ3v) is 5.31. The van der Waals surface area contributed by atoms with Crippen LogP contribution in [0.25, 0.3) is 6.08 Å². The molecule has 5 nitrogen and oxygen atoms in total. The van der Waals surface area contributed by atoms with Crippen LogP contribution in [0.3, 0.4) is 0 Å². The number of hydrogen-bond donors (Lipinski definition) is 0. The third kappa shape index (κ3) is 4.24. The molecule has 1 atom stereocenters. The van der Waals surface area contributed by atoms with Crippen LogP contribution in [0, 0.1) is 0 Å². The molecule has 0 N–H and O–H groups in total. The lowest BCUT2D eigenvalue weighted by atomic mass is 10.1. The highest BCUT2D eigenvalue weighted by Crippen LogP contribution is 2.32. The van der Waals surface area contributed by atoms with Crippen LogP contribution in [0.4, 0.5) is 0 Å². The van der Waals surface area contributed by atoms with Crippen molar-refractivity contribution in [3.63, 3.8) is 0 Å². The summed E-state index contributed by atoms with van der Waals surface area (Å²) >= 11 is 1.94. The number of ether oxygens (including phenoxy) is 2. The molecule has 2 heterocycles. The van der Waals surface area contributed by atoms with Gasteiger partial charge < -0.3 is 19.3 Å². The number of hydrogen-bond acceptors (Lipinski definition) is 5. The summed E-state index contributed by atoms with van der Waals surface area (Å²) in [5.74, 6) is 3.71. The molecule has 2 aliphatic heterocycles. The fraction of sp³-hybridized carbons (Fsp3) is 0.500.